The minimum Gasteiger partial charge on any atom is -0.206 e. The van der Waals surface area contributed by atoms with Crippen molar-refractivity contribution in [3.05, 3.63) is 72.1 Å². The number of hydrogen-bond donors (Lipinski definition) is 0. The summed E-state index contributed by atoms with van der Waals surface area (Å²) < 4.78 is 14.9. The molecule has 32 heavy (non-hydrogen) atoms. The summed E-state index contributed by atoms with van der Waals surface area (Å²) in [5.41, 5.74) is 2.20. The molecule has 0 atom stereocenters. The number of rotatable bonds is 8. The molecule has 0 aliphatic heterocycles. The van der Waals surface area contributed by atoms with Crippen LogP contribution in [0.3, 0.4) is 0 Å². The lowest BCUT2D eigenvalue weighted by Gasteiger charge is -2.37. The molecule has 0 spiro atoms. The molecule has 2 saturated carbocycles. The van der Waals surface area contributed by atoms with Gasteiger partial charge in [-0.15, -0.1) is 6.58 Å². The maximum absolute atomic E-state index is 14.9. The second kappa shape index (κ2) is 11.3. The molecule has 0 unspecified atom stereocenters. The molecule has 0 aromatic heterocycles. The van der Waals surface area contributed by atoms with Gasteiger partial charge in [0.05, 0.1) is 0 Å². The summed E-state index contributed by atoms with van der Waals surface area (Å²) in [5, 5.41) is 1.83. The van der Waals surface area contributed by atoms with Crippen LogP contribution in [0.15, 0.2) is 55.1 Å². The summed E-state index contributed by atoms with van der Waals surface area (Å²) in [6.45, 7) is 6.01. The first-order valence-corrected chi connectivity index (χ1v) is 13.1. The van der Waals surface area contributed by atoms with Gasteiger partial charge in [0.1, 0.15) is 5.82 Å². The fraction of sp³-hybridized carbons (Fsp3) is 0.548. The van der Waals surface area contributed by atoms with Crippen LogP contribution in [0.5, 0.6) is 0 Å². The Hall–Kier alpha value is -1.89. The van der Waals surface area contributed by atoms with Crippen molar-refractivity contribution >= 4 is 10.8 Å². The molecule has 0 N–H and O–H groups in total. The van der Waals surface area contributed by atoms with E-state index in [1.165, 1.54) is 63.4 Å². The zero-order valence-corrected chi connectivity index (χ0v) is 20.0. The third-order valence-electron chi connectivity index (χ3n) is 8.46. The van der Waals surface area contributed by atoms with Gasteiger partial charge in [0.15, 0.2) is 0 Å². The van der Waals surface area contributed by atoms with E-state index in [1.54, 1.807) is 0 Å². The number of halogens is 1. The molecule has 2 aromatic carbocycles. The van der Waals surface area contributed by atoms with Crippen molar-refractivity contribution < 1.29 is 4.39 Å². The molecule has 0 amide bonds. The molecule has 2 aliphatic carbocycles. The zero-order valence-electron chi connectivity index (χ0n) is 20.0. The highest BCUT2D eigenvalue weighted by atomic mass is 19.1. The highest BCUT2D eigenvalue weighted by Gasteiger charge is 2.30. The summed E-state index contributed by atoms with van der Waals surface area (Å²) in [6, 6.07) is 10.5. The van der Waals surface area contributed by atoms with Crippen molar-refractivity contribution in [1.82, 2.24) is 0 Å². The Labute approximate surface area is 195 Å². The van der Waals surface area contributed by atoms with Crippen molar-refractivity contribution in [3.63, 3.8) is 0 Å². The first kappa shape index (κ1) is 23.3. The summed E-state index contributed by atoms with van der Waals surface area (Å²) in [7, 11) is 0. The second-order valence-corrected chi connectivity index (χ2v) is 10.4. The third-order valence-corrected chi connectivity index (χ3v) is 8.46. The molecular weight excluding hydrogens is 391 g/mol. The molecule has 172 valence electrons. The van der Waals surface area contributed by atoms with Crippen LogP contribution < -0.4 is 0 Å². The lowest BCUT2D eigenvalue weighted by atomic mass is 9.68. The van der Waals surface area contributed by atoms with Crippen molar-refractivity contribution in [3.8, 4) is 0 Å². The number of allylic oxidation sites excluding steroid dienone is 3. The highest BCUT2D eigenvalue weighted by molar-refractivity contribution is 5.84. The van der Waals surface area contributed by atoms with E-state index in [1.807, 2.05) is 25.1 Å². The van der Waals surface area contributed by atoms with Gasteiger partial charge in [-0.2, -0.15) is 0 Å². The quantitative estimate of drug-likeness (QED) is 0.365. The lowest BCUT2D eigenvalue weighted by molar-refractivity contribution is 0.153. The summed E-state index contributed by atoms with van der Waals surface area (Å²) in [6.07, 6.45) is 21.7. The number of hydrogen-bond acceptors (Lipinski definition) is 0. The molecule has 0 saturated heterocycles. The Morgan fingerprint density at radius 3 is 2.31 bits per heavy atom. The molecule has 0 heterocycles. The summed E-state index contributed by atoms with van der Waals surface area (Å²) in [5.74, 6) is 3.58. The van der Waals surface area contributed by atoms with Gasteiger partial charge < -0.3 is 0 Å². The molecule has 2 aliphatic rings. The average Bonchev–Trinajstić information content (AvgIpc) is 2.84. The maximum Gasteiger partial charge on any atom is 0.134 e. The molecular formula is C31H41F. The molecule has 4 rings (SSSR count). The van der Waals surface area contributed by atoms with Crippen LogP contribution in [0.1, 0.15) is 82.3 Å². The third kappa shape index (κ3) is 5.72. The van der Waals surface area contributed by atoms with Gasteiger partial charge in [-0.05, 0) is 111 Å². The SMILES string of the molecule is C=CC1CCC(C2CCC(CCc3ccc4c(F)c(CC/C=C/C)ccc4c3)CC2)CC1. The fourth-order valence-electron chi connectivity index (χ4n) is 6.31. The van der Waals surface area contributed by atoms with E-state index in [-0.39, 0.29) is 5.82 Å². The molecule has 0 radical (unpaired) electrons. The van der Waals surface area contributed by atoms with Crippen molar-refractivity contribution in [2.75, 3.05) is 0 Å². The van der Waals surface area contributed by atoms with E-state index in [9.17, 15) is 4.39 Å². The van der Waals surface area contributed by atoms with Crippen LogP contribution in [0.25, 0.3) is 10.8 Å². The van der Waals surface area contributed by atoms with E-state index in [2.05, 4.69) is 36.9 Å². The van der Waals surface area contributed by atoms with Crippen LogP contribution in [0, 0.1) is 29.5 Å². The van der Waals surface area contributed by atoms with E-state index < -0.39 is 0 Å². The predicted octanol–water partition coefficient (Wildman–Crippen LogP) is 9.22. The number of fused-ring (bicyclic) bond motifs is 1. The van der Waals surface area contributed by atoms with E-state index in [0.717, 1.165) is 59.3 Å². The first-order chi connectivity index (χ1) is 15.7. The Bertz CT molecular complexity index is 907. The van der Waals surface area contributed by atoms with E-state index >= 15 is 0 Å². The number of benzene rings is 2. The van der Waals surface area contributed by atoms with Gasteiger partial charge in [-0.1, -0.05) is 61.4 Å². The van der Waals surface area contributed by atoms with Crippen molar-refractivity contribution in [2.45, 2.75) is 84.0 Å². The van der Waals surface area contributed by atoms with Crippen molar-refractivity contribution in [1.29, 1.82) is 0 Å². The Morgan fingerprint density at radius 1 is 0.906 bits per heavy atom. The second-order valence-electron chi connectivity index (χ2n) is 10.4. The smallest absolute Gasteiger partial charge is 0.134 e. The topological polar surface area (TPSA) is 0 Å². The predicted molar refractivity (Wildman–Crippen MR) is 136 cm³/mol. The van der Waals surface area contributed by atoms with Gasteiger partial charge in [0.25, 0.3) is 0 Å². The number of aryl methyl sites for hydroxylation is 2. The van der Waals surface area contributed by atoms with Gasteiger partial charge in [0.2, 0.25) is 0 Å². The fourth-order valence-corrected chi connectivity index (χ4v) is 6.31. The van der Waals surface area contributed by atoms with Crippen LogP contribution >= 0.6 is 0 Å². The highest BCUT2D eigenvalue weighted by Crippen LogP contribution is 2.42. The molecule has 0 nitrogen and oxygen atoms in total. The van der Waals surface area contributed by atoms with Gasteiger partial charge >= 0.3 is 0 Å². The van der Waals surface area contributed by atoms with Gasteiger partial charge in [0, 0.05) is 5.39 Å². The van der Waals surface area contributed by atoms with Crippen LogP contribution in [-0.4, -0.2) is 0 Å². The van der Waals surface area contributed by atoms with Crippen LogP contribution in [0.4, 0.5) is 4.39 Å². The van der Waals surface area contributed by atoms with Gasteiger partial charge in [-0.25, -0.2) is 4.39 Å². The molecule has 0 bridgehead atoms. The molecule has 2 fully saturated rings. The monoisotopic (exact) mass is 432 g/mol. The molecule has 2 aromatic rings. The minimum absolute atomic E-state index is 0.0287. The first-order valence-electron chi connectivity index (χ1n) is 13.1. The van der Waals surface area contributed by atoms with Crippen LogP contribution in [-0.2, 0) is 12.8 Å². The zero-order chi connectivity index (χ0) is 22.3. The Balaban J connectivity index is 1.27. The Kier molecular flexibility index (Phi) is 8.22. The van der Waals surface area contributed by atoms with E-state index in [0.29, 0.717) is 0 Å². The normalized spacial score (nSPS) is 26.6. The largest absolute Gasteiger partial charge is 0.206 e. The maximum atomic E-state index is 14.9. The van der Waals surface area contributed by atoms with Crippen molar-refractivity contribution in [2.24, 2.45) is 23.7 Å². The average molecular weight is 433 g/mol. The minimum atomic E-state index is -0.0287. The van der Waals surface area contributed by atoms with Gasteiger partial charge in [-0.3, -0.25) is 0 Å². The lowest BCUT2D eigenvalue weighted by Crippen LogP contribution is -2.25. The molecule has 1 heteroatoms. The Morgan fingerprint density at radius 2 is 1.62 bits per heavy atom. The van der Waals surface area contributed by atoms with Crippen LogP contribution in [0.2, 0.25) is 0 Å². The van der Waals surface area contributed by atoms with E-state index in [4.69, 9.17) is 0 Å². The summed E-state index contributed by atoms with van der Waals surface area (Å²) >= 11 is 0. The standard InChI is InChI=1S/C31H41F/c1-3-5-6-7-28-19-20-29-22-25(14-21-30(29)31(28)32)9-8-24-12-17-27(18-13-24)26-15-10-23(4-2)11-16-26/h3-5,14,19-24,26-27H,2,6-13,15-18H2,1H3/b5-3+. The summed E-state index contributed by atoms with van der Waals surface area (Å²) in [4.78, 5) is 0.